The van der Waals surface area contributed by atoms with Gasteiger partial charge < -0.3 is 15.4 Å². The van der Waals surface area contributed by atoms with Crippen LogP contribution in [-0.2, 0) is 4.79 Å². The lowest BCUT2D eigenvalue weighted by molar-refractivity contribution is -0.118. The van der Waals surface area contributed by atoms with E-state index in [-0.39, 0.29) is 12.5 Å². The number of anilines is 2. The SMILES string of the molecule is CNc1ccc2c(c1)OCC(=O)N2. The molecule has 0 bridgehead atoms. The average molecular weight is 178 g/mol. The number of hydrogen-bond acceptors (Lipinski definition) is 3. The Balaban J connectivity index is 2.36. The van der Waals surface area contributed by atoms with Crippen LogP contribution in [0.5, 0.6) is 5.75 Å². The van der Waals surface area contributed by atoms with Crippen LogP contribution in [0.25, 0.3) is 0 Å². The molecule has 4 heteroatoms. The Labute approximate surface area is 75.9 Å². The molecule has 1 aliphatic heterocycles. The van der Waals surface area contributed by atoms with Crippen molar-refractivity contribution < 1.29 is 9.53 Å². The van der Waals surface area contributed by atoms with Crippen molar-refractivity contribution in [3.05, 3.63) is 18.2 Å². The number of benzene rings is 1. The minimum Gasteiger partial charge on any atom is -0.482 e. The van der Waals surface area contributed by atoms with Gasteiger partial charge in [-0.05, 0) is 12.1 Å². The lowest BCUT2D eigenvalue weighted by Crippen LogP contribution is -2.25. The second-order valence-electron chi connectivity index (χ2n) is 2.80. The number of amides is 1. The standard InChI is InChI=1S/C9H10N2O2/c1-10-6-2-3-7-8(4-6)13-5-9(12)11-7/h2-4,10H,5H2,1H3,(H,11,12). The van der Waals surface area contributed by atoms with Crippen LogP contribution in [0.2, 0.25) is 0 Å². The van der Waals surface area contributed by atoms with Crippen LogP contribution in [0.4, 0.5) is 11.4 Å². The summed E-state index contributed by atoms with van der Waals surface area (Å²) >= 11 is 0. The van der Waals surface area contributed by atoms with Crippen molar-refractivity contribution in [2.75, 3.05) is 24.3 Å². The van der Waals surface area contributed by atoms with Crippen LogP contribution in [-0.4, -0.2) is 19.6 Å². The molecule has 2 rings (SSSR count). The number of carbonyl (C=O) groups excluding carboxylic acids is 1. The van der Waals surface area contributed by atoms with Gasteiger partial charge in [-0.3, -0.25) is 4.79 Å². The Kier molecular flexibility index (Phi) is 1.81. The molecule has 1 amide bonds. The summed E-state index contributed by atoms with van der Waals surface area (Å²) in [6.45, 7) is 0.0974. The third-order valence-corrected chi connectivity index (χ3v) is 1.90. The van der Waals surface area contributed by atoms with Crippen LogP contribution in [0.1, 0.15) is 0 Å². The van der Waals surface area contributed by atoms with Gasteiger partial charge in [-0.2, -0.15) is 0 Å². The fourth-order valence-corrected chi connectivity index (χ4v) is 1.23. The van der Waals surface area contributed by atoms with E-state index in [9.17, 15) is 4.79 Å². The van der Waals surface area contributed by atoms with Crippen LogP contribution < -0.4 is 15.4 Å². The predicted octanol–water partition coefficient (Wildman–Crippen LogP) is 1.06. The van der Waals surface area contributed by atoms with Crippen molar-refractivity contribution in [1.82, 2.24) is 0 Å². The molecule has 68 valence electrons. The van der Waals surface area contributed by atoms with Crippen LogP contribution in [0, 0.1) is 0 Å². The van der Waals surface area contributed by atoms with E-state index in [0.717, 1.165) is 11.4 Å². The molecule has 1 aromatic carbocycles. The highest BCUT2D eigenvalue weighted by atomic mass is 16.5. The summed E-state index contributed by atoms with van der Waals surface area (Å²) in [6.07, 6.45) is 0. The zero-order valence-electron chi connectivity index (χ0n) is 7.26. The van der Waals surface area contributed by atoms with Gasteiger partial charge in [0.25, 0.3) is 5.91 Å². The number of ether oxygens (including phenoxy) is 1. The molecule has 1 aliphatic rings. The zero-order valence-corrected chi connectivity index (χ0v) is 7.26. The fraction of sp³-hybridized carbons (Fsp3) is 0.222. The van der Waals surface area contributed by atoms with Gasteiger partial charge in [0.15, 0.2) is 6.61 Å². The molecule has 1 aromatic rings. The summed E-state index contributed by atoms with van der Waals surface area (Å²) < 4.78 is 5.23. The van der Waals surface area contributed by atoms with Gasteiger partial charge >= 0.3 is 0 Å². The monoisotopic (exact) mass is 178 g/mol. The third kappa shape index (κ3) is 1.42. The van der Waals surface area contributed by atoms with Gasteiger partial charge in [-0.1, -0.05) is 0 Å². The molecular formula is C9H10N2O2. The molecule has 0 fully saturated rings. The maximum absolute atomic E-state index is 10.9. The van der Waals surface area contributed by atoms with Crippen LogP contribution in [0.15, 0.2) is 18.2 Å². The Bertz CT molecular complexity index is 349. The van der Waals surface area contributed by atoms with E-state index in [4.69, 9.17) is 4.74 Å². The first kappa shape index (κ1) is 7.91. The highest BCUT2D eigenvalue weighted by molar-refractivity contribution is 5.95. The first-order valence-electron chi connectivity index (χ1n) is 4.04. The van der Waals surface area contributed by atoms with E-state index in [1.807, 2.05) is 25.2 Å². The normalized spacial score (nSPS) is 14.1. The lowest BCUT2D eigenvalue weighted by atomic mass is 10.2. The highest BCUT2D eigenvalue weighted by Gasteiger charge is 2.15. The first-order chi connectivity index (χ1) is 6.29. The average Bonchev–Trinajstić information content (AvgIpc) is 2.17. The van der Waals surface area contributed by atoms with Crippen molar-refractivity contribution >= 4 is 17.3 Å². The van der Waals surface area contributed by atoms with Crippen molar-refractivity contribution in [2.24, 2.45) is 0 Å². The number of carbonyl (C=O) groups is 1. The van der Waals surface area contributed by atoms with E-state index >= 15 is 0 Å². The zero-order chi connectivity index (χ0) is 9.26. The predicted molar refractivity (Wildman–Crippen MR) is 50.1 cm³/mol. The fourth-order valence-electron chi connectivity index (χ4n) is 1.23. The molecule has 0 unspecified atom stereocenters. The molecule has 0 aromatic heterocycles. The minimum absolute atomic E-state index is 0.0974. The summed E-state index contributed by atoms with van der Waals surface area (Å²) in [7, 11) is 1.84. The smallest absolute Gasteiger partial charge is 0.262 e. The number of nitrogens with one attached hydrogen (secondary N) is 2. The van der Waals surface area contributed by atoms with Gasteiger partial charge in [0.1, 0.15) is 5.75 Å². The molecule has 1 heterocycles. The summed E-state index contributed by atoms with van der Waals surface area (Å²) in [5.41, 5.74) is 1.70. The summed E-state index contributed by atoms with van der Waals surface area (Å²) in [5.74, 6) is 0.608. The van der Waals surface area contributed by atoms with E-state index in [1.165, 1.54) is 0 Å². The molecule has 0 atom stereocenters. The molecule has 13 heavy (non-hydrogen) atoms. The van der Waals surface area contributed by atoms with Gasteiger partial charge in [0.05, 0.1) is 5.69 Å². The van der Waals surface area contributed by atoms with Gasteiger partial charge in [0.2, 0.25) is 0 Å². The third-order valence-electron chi connectivity index (χ3n) is 1.90. The highest BCUT2D eigenvalue weighted by Crippen LogP contribution is 2.30. The maximum atomic E-state index is 10.9. The summed E-state index contributed by atoms with van der Waals surface area (Å²) in [6, 6.07) is 5.56. The van der Waals surface area contributed by atoms with E-state index in [0.29, 0.717) is 5.75 Å². The Morgan fingerprint density at radius 2 is 2.38 bits per heavy atom. The lowest BCUT2D eigenvalue weighted by Gasteiger charge is -2.18. The number of fused-ring (bicyclic) bond motifs is 1. The first-order valence-corrected chi connectivity index (χ1v) is 4.04. The largest absolute Gasteiger partial charge is 0.482 e. The quantitative estimate of drug-likeness (QED) is 0.676. The Hall–Kier alpha value is -1.71. The van der Waals surface area contributed by atoms with Gasteiger partial charge in [-0.25, -0.2) is 0 Å². The van der Waals surface area contributed by atoms with Crippen molar-refractivity contribution in [1.29, 1.82) is 0 Å². The van der Waals surface area contributed by atoms with Crippen LogP contribution in [0.3, 0.4) is 0 Å². The van der Waals surface area contributed by atoms with Gasteiger partial charge in [-0.15, -0.1) is 0 Å². The van der Waals surface area contributed by atoms with Crippen molar-refractivity contribution in [2.45, 2.75) is 0 Å². The Morgan fingerprint density at radius 1 is 1.54 bits per heavy atom. The maximum Gasteiger partial charge on any atom is 0.262 e. The van der Waals surface area contributed by atoms with Gasteiger partial charge in [0, 0.05) is 18.8 Å². The topological polar surface area (TPSA) is 50.4 Å². The molecule has 0 saturated heterocycles. The molecule has 2 N–H and O–H groups in total. The second kappa shape index (κ2) is 2.97. The Morgan fingerprint density at radius 3 is 3.15 bits per heavy atom. The van der Waals surface area contributed by atoms with Crippen LogP contribution >= 0.6 is 0 Å². The molecule has 0 radical (unpaired) electrons. The summed E-state index contributed by atoms with van der Waals surface area (Å²) in [4.78, 5) is 10.9. The minimum atomic E-state index is -0.107. The number of hydrogen-bond donors (Lipinski definition) is 2. The molecule has 4 nitrogen and oxygen atoms in total. The molecule has 0 saturated carbocycles. The molecular weight excluding hydrogens is 168 g/mol. The van der Waals surface area contributed by atoms with E-state index in [2.05, 4.69) is 10.6 Å². The van der Waals surface area contributed by atoms with E-state index in [1.54, 1.807) is 0 Å². The van der Waals surface area contributed by atoms with E-state index < -0.39 is 0 Å². The summed E-state index contributed by atoms with van der Waals surface area (Å²) in [5, 5.41) is 5.72. The second-order valence-corrected chi connectivity index (χ2v) is 2.80. The molecule has 0 spiro atoms. The van der Waals surface area contributed by atoms with Crippen molar-refractivity contribution in [3.8, 4) is 5.75 Å². The number of rotatable bonds is 1. The molecule has 0 aliphatic carbocycles. The van der Waals surface area contributed by atoms with Crippen molar-refractivity contribution in [3.63, 3.8) is 0 Å².